The van der Waals surface area contributed by atoms with Crippen molar-refractivity contribution in [3.63, 3.8) is 0 Å². The number of carbonyl (C=O) groups is 2. The Kier molecular flexibility index (Phi) is 30.0. The number of aliphatic carboxylic acids is 2. The van der Waals surface area contributed by atoms with Crippen LogP contribution in [0.15, 0.2) is 0 Å². The number of hydrogen-bond donors (Lipinski definition) is 4. The zero-order chi connectivity index (χ0) is 29.2. The predicted octanol–water partition coefficient (Wildman–Crippen LogP) is 4.06. The first-order valence-corrected chi connectivity index (χ1v) is 12.9. The molecular formula is C25H52O12. The van der Waals surface area contributed by atoms with Gasteiger partial charge in [-0.05, 0) is 60.8 Å². The van der Waals surface area contributed by atoms with Crippen molar-refractivity contribution in [1.82, 2.24) is 0 Å². The molecule has 224 valence electrons. The van der Waals surface area contributed by atoms with Crippen LogP contribution in [0.25, 0.3) is 0 Å². The van der Waals surface area contributed by atoms with Gasteiger partial charge in [-0.3, -0.25) is 9.59 Å². The third-order valence-electron chi connectivity index (χ3n) is 4.03. The molecular weight excluding hydrogens is 492 g/mol. The van der Waals surface area contributed by atoms with Crippen LogP contribution in [0.5, 0.6) is 0 Å². The van der Waals surface area contributed by atoms with Crippen molar-refractivity contribution in [2.24, 2.45) is 0 Å². The summed E-state index contributed by atoms with van der Waals surface area (Å²) in [6.45, 7) is 15.8. The largest absolute Gasteiger partial charge is 0.481 e. The third-order valence-corrected chi connectivity index (χ3v) is 4.03. The van der Waals surface area contributed by atoms with Gasteiger partial charge in [0, 0.05) is 26.1 Å². The molecule has 0 saturated heterocycles. The van der Waals surface area contributed by atoms with Crippen molar-refractivity contribution in [2.45, 2.75) is 138 Å². The van der Waals surface area contributed by atoms with Gasteiger partial charge >= 0.3 is 11.9 Å². The van der Waals surface area contributed by atoms with Crippen LogP contribution in [0.2, 0.25) is 0 Å². The maximum atomic E-state index is 9.79. The lowest BCUT2D eigenvalue weighted by Crippen LogP contribution is -2.25. The molecule has 12 nitrogen and oxygen atoms in total. The Morgan fingerprint density at radius 3 is 1.14 bits per heavy atom. The lowest BCUT2D eigenvalue weighted by Gasteiger charge is -2.20. The number of aliphatic hydroxyl groups excluding tert-OH is 2. The van der Waals surface area contributed by atoms with E-state index in [0.717, 1.165) is 25.7 Å². The minimum absolute atomic E-state index is 0.0632. The maximum absolute atomic E-state index is 9.79. The second-order valence-electron chi connectivity index (χ2n) is 8.10. The summed E-state index contributed by atoms with van der Waals surface area (Å²) in [5, 5.41) is 33.9. The smallest absolute Gasteiger partial charge is 0.303 e. The number of hydrogen-bond acceptors (Lipinski definition) is 10. The molecule has 0 aliphatic carbocycles. The van der Waals surface area contributed by atoms with Crippen molar-refractivity contribution in [3.05, 3.63) is 0 Å². The standard InChI is InChI=1S/2C10H22O4.C5H8O4/c2*1-5-6-7-12-9(3)14-10(4)13-8(2)11;6-4(7)2-1-3-5(8)9/h2*8-11H,5-7H2,1-4H3;1-3H2,(H,6,7)(H,8,9). The number of unbranched alkanes of at least 4 members (excludes halogenated alkanes) is 2. The molecule has 37 heavy (non-hydrogen) atoms. The van der Waals surface area contributed by atoms with Crippen LogP contribution in [0.4, 0.5) is 0 Å². The number of rotatable bonds is 20. The van der Waals surface area contributed by atoms with Gasteiger partial charge in [0.1, 0.15) is 0 Å². The molecule has 0 aliphatic rings. The number of ether oxygens (including phenoxy) is 6. The van der Waals surface area contributed by atoms with Crippen LogP contribution in [0.1, 0.15) is 100 Å². The fourth-order valence-electron chi connectivity index (χ4n) is 2.42. The van der Waals surface area contributed by atoms with Crippen LogP contribution in [-0.4, -0.2) is 83.3 Å². The summed E-state index contributed by atoms with van der Waals surface area (Å²) >= 11 is 0. The van der Waals surface area contributed by atoms with Crippen molar-refractivity contribution in [2.75, 3.05) is 13.2 Å². The molecule has 0 rings (SSSR count). The highest BCUT2D eigenvalue weighted by atomic mass is 16.8. The lowest BCUT2D eigenvalue weighted by molar-refractivity contribution is -0.271. The predicted molar refractivity (Wildman–Crippen MR) is 136 cm³/mol. The van der Waals surface area contributed by atoms with Crippen molar-refractivity contribution in [1.29, 1.82) is 0 Å². The molecule has 0 bridgehead atoms. The monoisotopic (exact) mass is 544 g/mol. The highest BCUT2D eigenvalue weighted by Crippen LogP contribution is 2.05. The molecule has 0 heterocycles. The van der Waals surface area contributed by atoms with Gasteiger partial charge in [0.05, 0.1) is 0 Å². The van der Waals surface area contributed by atoms with E-state index >= 15 is 0 Å². The Morgan fingerprint density at radius 1 is 0.568 bits per heavy atom. The Balaban J connectivity index is -0.000000481. The topological polar surface area (TPSA) is 170 Å². The SMILES string of the molecule is CCCCOC(C)OC(C)OC(C)O.CCCCOC(C)OC(C)OC(C)O.O=C(O)CCCC(=O)O. The molecule has 4 N–H and O–H groups in total. The fourth-order valence-corrected chi connectivity index (χ4v) is 2.42. The highest BCUT2D eigenvalue weighted by Gasteiger charge is 2.11. The molecule has 0 aromatic rings. The number of carboxylic acids is 2. The van der Waals surface area contributed by atoms with E-state index in [-0.39, 0.29) is 31.8 Å². The summed E-state index contributed by atoms with van der Waals surface area (Å²) in [6.07, 6.45) is 1.23. The van der Waals surface area contributed by atoms with E-state index in [2.05, 4.69) is 13.8 Å². The van der Waals surface area contributed by atoms with E-state index in [4.69, 9.17) is 48.8 Å². The van der Waals surface area contributed by atoms with Gasteiger partial charge < -0.3 is 48.8 Å². The summed E-state index contributed by atoms with van der Waals surface area (Å²) < 4.78 is 31.3. The van der Waals surface area contributed by atoms with Gasteiger partial charge in [-0.15, -0.1) is 0 Å². The summed E-state index contributed by atoms with van der Waals surface area (Å²) in [7, 11) is 0. The molecule has 0 radical (unpaired) electrons. The van der Waals surface area contributed by atoms with Crippen molar-refractivity contribution >= 4 is 11.9 Å². The van der Waals surface area contributed by atoms with Gasteiger partial charge in [-0.2, -0.15) is 0 Å². The zero-order valence-electron chi connectivity index (χ0n) is 23.9. The van der Waals surface area contributed by atoms with Gasteiger partial charge in [0.25, 0.3) is 0 Å². The second-order valence-corrected chi connectivity index (χ2v) is 8.10. The first-order chi connectivity index (χ1) is 17.2. The maximum Gasteiger partial charge on any atom is 0.303 e. The average molecular weight is 545 g/mol. The third kappa shape index (κ3) is 39.3. The number of carboxylic acid groups (broad SMARTS) is 2. The first-order valence-electron chi connectivity index (χ1n) is 12.9. The normalized spacial score (nSPS) is 15.6. The van der Waals surface area contributed by atoms with Crippen molar-refractivity contribution < 1.29 is 58.4 Å². The van der Waals surface area contributed by atoms with Gasteiger partial charge in [-0.25, -0.2) is 0 Å². The molecule has 0 aliphatic heterocycles. The van der Waals surface area contributed by atoms with E-state index in [1.54, 1.807) is 27.7 Å². The first kappa shape index (κ1) is 40.1. The second kappa shape index (κ2) is 27.6. The molecule has 0 amide bonds. The lowest BCUT2D eigenvalue weighted by atomic mass is 10.2. The van der Waals surface area contributed by atoms with E-state index in [1.165, 1.54) is 0 Å². The zero-order valence-corrected chi connectivity index (χ0v) is 23.9. The quantitative estimate of drug-likeness (QED) is 0.128. The summed E-state index contributed by atoms with van der Waals surface area (Å²) in [5.41, 5.74) is 0. The van der Waals surface area contributed by atoms with Crippen LogP contribution < -0.4 is 0 Å². The van der Waals surface area contributed by atoms with Gasteiger partial charge in [0.15, 0.2) is 37.7 Å². The molecule has 0 fully saturated rings. The molecule has 0 aromatic carbocycles. The van der Waals surface area contributed by atoms with Crippen LogP contribution >= 0.6 is 0 Å². The van der Waals surface area contributed by atoms with Crippen LogP contribution in [0.3, 0.4) is 0 Å². The summed E-state index contributed by atoms with van der Waals surface area (Å²) in [4.78, 5) is 19.6. The van der Waals surface area contributed by atoms with E-state index in [1.807, 2.05) is 13.8 Å². The molecule has 0 aromatic heterocycles. The van der Waals surface area contributed by atoms with E-state index in [9.17, 15) is 9.59 Å². The van der Waals surface area contributed by atoms with E-state index < -0.39 is 37.1 Å². The van der Waals surface area contributed by atoms with Crippen LogP contribution in [-0.2, 0) is 38.0 Å². The van der Waals surface area contributed by atoms with Gasteiger partial charge in [-0.1, -0.05) is 26.7 Å². The van der Waals surface area contributed by atoms with Crippen LogP contribution in [0, 0.1) is 0 Å². The Bertz CT molecular complexity index is 472. The summed E-state index contributed by atoms with van der Waals surface area (Å²) in [5.74, 6) is -1.90. The molecule has 6 unspecified atom stereocenters. The minimum Gasteiger partial charge on any atom is -0.481 e. The Morgan fingerprint density at radius 2 is 0.892 bits per heavy atom. The molecule has 12 heteroatoms. The Hall–Kier alpha value is -1.38. The molecule has 0 saturated carbocycles. The Labute approximate surface area is 222 Å². The summed E-state index contributed by atoms with van der Waals surface area (Å²) in [6, 6.07) is 0. The fraction of sp³-hybridized carbons (Fsp3) is 0.920. The molecule has 6 atom stereocenters. The minimum atomic E-state index is -0.948. The van der Waals surface area contributed by atoms with Crippen molar-refractivity contribution in [3.8, 4) is 0 Å². The van der Waals surface area contributed by atoms with E-state index in [0.29, 0.717) is 13.2 Å². The van der Waals surface area contributed by atoms with Gasteiger partial charge in [0.2, 0.25) is 0 Å². The number of aliphatic hydroxyl groups is 2. The average Bonchev–Trinajstić information content (AvgIpc) is 2.73. The highest BCUT2D eigenvalue weighted by molar-refractivity contribution is 5.69. The molecule has 0 spiro atoms.